The number of nitrogens with one attached hydrogen (secondary N) is 1. The van der Waals surface area contributed by atoms with E-state index in [-0.39, 0.29) is 5.11 Å². The van der Waals surface area contributed by atoms with Crippen molar-refractivity contribution in [3.8, 4) is 0 Å². The van der Waals surface area contributed by atoms with Gasteiger partial charge < -0.3 is 5.73 Å². The van der Waals surface area contributed by atoms with Gasteiger partial charge in [0.2, 0.25) is 0 Å². The number of hydrazone groups is 1. The van der Waals surface area contributed by atoms with E-state index in [1.165, 1.54) is 18.4 Å². The van der Waals surface area contributed by atoms with Gasteiger partial charge in [-0.25, -0.2) is 0 Å². The predicted octanol–water partition coefficient (Wildman–Crippen LogP) is 2.20. The lowest BCUT2D eigenvalue weighted by molar-refractivity contribution is 0.795. The van der Waals surface area contributed by atoms with Crippen LogP contribution < -0.4 is 11.2 Å². The van der Waals surface area contributed by atoms with Crippen molar-refractivity contribution in [1.29, 1.82) is 0 Å². The van der Waals surface area contributed by atoms with E-state index >= 15 is 0 Å². The molecule has 0 saturated carbocycles. The van der Waals surface area contributed by atoms with Crippen LogP contribution in [0.15, 0.2) is 29.4 Å². The number of hydrogen-bond donors (Lipinski definition) is 2. The summed E-state index contributed by atoms with van der Waals surface area (Å²) in [5.74, 6) is 0. The van der Waals surface area contributed by atoms with Crippen LogP contribution in [0.3, 0.4) is 0 Å². The summed E-state index contributed by atoms with van der Waals surface area (Å²) in [5.41, 5.74) is 10.2. The lowest BCUT2D eigenvalue weighted by Crippen LogP contribution is -2.23. The minimum Gasteiger partial charge on any atom is -0.375 e. The first kappa shape index (κ1) is 12.6. The molecule has 0 aliphatic carbocycles. The SMILES string of the molecule is CCCCc1ccc(/C=N\NC(N)=S)cc1. The van der Waals surface area contributed by atoms with Crippen molar-refractivity contribution in [1.82, 2.24) is 5.43 Å². The molecular weight excluding hydrogens is 218 g/mol. The second-order valence-corrected chi connectivity index (χ2v) is 4.02. The lowest BCUT2D eigenvalue weighted by Gasteiger charge is -2.00. The molecule has 3 N–H and O–H groups in total. The van der Waals surface area contributed by atoms with E-state index in [0.717, 1.165) is 12.0 Å². The molecule has 3 nitrogen and oxygen atoms in total. The number of nitrogens with two attached hydrogens (primary N) is 1. The first-order chi connectivity index (χ1) is 7.72. The average Bonchev–Trinajstić information content (AvgIpc) is 2.27. The van der Waals surface area contributed by atoms with Gasteiger partial charge in [-0.3, -0.25) is 5.43 Å². The molecule has 86 valence electrons. The Labute approximate surface area is 102 Å². The standard InChI is InChI=1S/C12H17N3S/c1-2-3-4-10-5-7-11(8-6-10)9-14-15-12(13)16/h5-9H,2-4H2,1H3,(H3,13,15,16)/b14-9-. The Morgan fingerprint density at radius 2 is 2.12 bits per heavy atom. The van der Waals surface area contributed by atoms with Crippen LogP contribution in [0.25, 0.3) is 0 Å². The molecule has 0 aliphatic rings. The highest BCUT2D eigenvalue weighted by Gasteiger charge is 1.92. The summed E-state index contributed by atoms with van der Waals surface area (Å²) in [5, 5.41) is 4.07. The zero-order chi connectivity index (χ0) is 11.8. The van der Waals surface area contributed by atoms with Gasteiger partial charge in [0.05, 0.1) is 6.21 Å². The minimum atomic E-state index is 0.177. The van der Waals surface area contributed by atoms with Crippen molar-refractivity contribution in [2.24, 2.45) is 10.8 Å². The van der Waals surface area contributed by atoms with Crippen LogP contribution in [-0.4, -0.2) is 11.3 Å². The largest absolute Gasteiger partial charge is 0.375 e. The number of aryl methyl sites for hydroxylation is 1. The molecule has 4 heteroatoms. The molecule has 0 unspecified atom stereocenters. The first-order valence-electron chi connectivity index (χ1n) is 5.40. The van der Waals surface area contributed by atoms with Crippen molar-refractivity contribution in [2.45, 2.75) is 26.2 Å². The van der Waals surface area contributed by atoms with Gasteiger partial charge in [-0.05, 0) is 36.2 Å². The Bertz CT molecular complexity index is 357. The van der Waals surface area contributed by atoms with Gasteiger partial charge in [0.15, 0.2) is 5.11 Å². The summed E-state index contributed by atoms with van der Waals surface area (Å²) in [6.07, 6.45) is 5.29. The molecule has 1 rings (SSSR count). The second kappa shape index (κ2) is 6.95. The van der Waals surface area contributed by atoms with Crippen LogP contribution >= 0.6 is 12.2 Å². The Balaban J connectivity index is 2.50. The minimum absolute atomic E-state index is 0.177. The Morgan fingerprint density at radius 1 is 1.44 bits per heavy atom. The molecule has 0 fully saturated rings. The van der Waals surface area contributed by atoms with Gasteiger partial charge in [0.1, 0.15) is 0 Å². The molecule has 1 aromatic carbocycles. The molecule has 0 radical (unpaired) electrons. The highest BCUT2D eigenvalue weighted by molar-refractivity contribution is 7.80. The number of benzene rings is 1. The molecule has 1 aromatic rings. The Morgan fingerprint density at radius 3 is 2.69 bits per heavy atom. The van der Waals surface area contributed by atoms with Gasteiger partial charge in [-0.1, -0.05) is 37.6 Å². The topological polar surface area (TPSA) is 50.4 Å². The van der Waals surface area contributed by atoms with Crippen LogP contribution in [0.1, 0.15) is 30.9 Å². The number of hydrogen-bond acceptors (Lipinski definition) is 2. The maximum absolute atomic E-state index is 5.24. The van der Waals surface area contributed by atoms with E-state index in [4.69, 9.17) is 5.73 Å². The Kier molecular flexibility index (Phi) is 5.50. The van der Waals surface area contributed by atoms with E-state index in [1.807, 2.05) is 12.1 Å². The van der Waals surface area contributed by atoms with Crippen LogP contribution in [0, 0.1) is 0 Å². The summed E-state index contributed by atoms with van der Waals surface area (Å²) >= 11 is 4.63. The van der Waals surface area contributed by atoms with Crippen molar-refractivity contribution < 1.29 is 0 Å². The monoisotopic (exact) mass is 235 g/mol. The fourth-order valence-electron chi connectivity index (χ4n) is 1.32. The van der Waals surface area contributed by atoms with E-state index in [0.29, 0.717) is 0 Å². The maximum Gasteiger partial charge on any atom is 0.184 e. The van der Waals surface area contributed by atoms with Crippen LogP contribution in [-0.2, 0) is 6.42 Å². The molecule has 0 amide bonds. The molecule has 0 bridgehead atoms. The van der Waals surface area contributed by atoms with Gasteiger partial charge in [0, 0.05) is 0 Å². The average molecular weight is 235 g/mol. The second-order valence-electron chi connectivity index (χ2n) is 3.58. The summed E-state index contributed by atoms with van der Waals surface area (Å²) in [7, 11) is 0. The summed E-state index contributed by atoms with van der Waals surface area (Å²) < 4.78 is 0. The fraction of sp³-hybridized carbons (Fsp3) is 0.333. The quantitative estimate of drug-likeness (QED) is 0.467. The normalized spacial score (nSPS) is 10.6. The molecular formula is C12H17N3S. The van der Waals surface area contributed by atoms with E-state index in [2.05, 4.69) is 41.8 Å². The fourth-order valence-corrected chi connectivity index (χ4v) is 1.37. The number of unbranched alkanes of at least 4 members (excludes halogenated alkanes) is 1. The van der Waals surface area contributed by atoms with Crippen molar-refractivity contribution >= 4 is 23.5 Å². The molecule has 0 aliphatic heterocycles. The third-order valence-corrected chi connectivity index (χ3v) is 2.28. The zero-order valence-electron chi connectivity index (χ0n) is 9.44. The Hall–Kier alpha value is -1.42. The van der Waals surface area contributed by atoms with Crippen molar-refractivity contribution in [3.63, 3.8) is 0 Å². The molecule has 0 aromatic heterocycles. The summed E-state index contributed by atoms with van der Waals surface area (Å²) in [6, 6.07) is 8.32. The molecule has 0 saturated heterocycles. The lowest BCUT2D eigenvalue weighted by atomic mass is 10.1. The van der Waals surface area contributed by atoms with Gasteiger partial charge in [-0.15, -0.1) is 0 Å². The smallest absolute Gasteiger partial charge is 0.184 e. The van der Waals surface area contributed by atoms with Crippen molar-refractivity contribution in [2.75, 3.05) is 0 Å². The van der Waals surface area contributed by atoms with Crippen LogP contribution in [0.4, 0.5) is 0 Å². The van der Waals surface area contributed by atoms with Gasteiger partial charge in [0.25, 0.3) is 0 Å². The van der Waals surface area contributed by atoms with E-state index in [1.54, 1.807) is 6.21 Å². The van der Waals surface area contributed by atoms with Crippen molar-refractivity contribution in [3.05, 3.63) is 35.4 Å². The van der Waals surface area contributed by atoms with Crippen LogP contribution in [0.2, 0.25) is 0 Å². The van der Waals surface area contributed by atoms with E-state index in [9.17, 15) is 0 Å². The zero-order valence-corrected chi connectivity index (χ0v) is 10.3. The number of nitrogens with zero attached hydrogens (tertiary/aromatic N) is 1. The van der Waals surface area contributed by atoms with Crippen LogP contribution in [0.5, 0.6) is 0 Å². The molecule has 0 atom stereocenters. The van der Waals surface area contributed by atoms with Gasteiger partial charge in [-0.2, -0.15) is 5.10 Å². The van der Waals surface area contributed by atoms with Gasteiger partial charge >= 0.3 is 0 Å². The maximum atomic E-state index is 5.24. The summed E-state index contributed by atoms with van der Waals surface area (Å²) in [4.78, 5) is 0. The predicted molar refractivity (Wildman–Crippen MR) is 72.6 cm³/mol. The highest BCUT2D eigenvalue weighted by atomic mass is 32.1. The van der Waals surface area contributed by atoms with E-state index < -0.39 is 0 Å². The first-order valence-corrected chi connectivity index (χ1v) is 5.80. The molecule has 0 heterocycles. The number of rotatable bonds is 5. The summed E-state index contributed by atoms with van der Waals surface area (Å²) in [6.45, 7) is 2.20. The molecule has 0 spiro atoms. The molecule has 16 heavy (non-hydrogen) atoms. The third-order valence-electron chi connectivity index (χ3n) is 2.19. The highest BCUT2D eigenvalue weighted by Crippen LogP contribution is 2.06. The third kappa shape index (κ3) is 4.89. The number of thiocarbonyl (C=S) groups is 1.